The molecule has 1 aliphatic rings. The van der Waals surface area contributed by atoms with Crippen LogP contribution in [-0.4, -0.2) is 24.8 Å². The predicted molar refractivity (Wildman–Crippen MR) is 133 cm³/mol. The molecule has 7 nitrogen and oxygen atoms in total. The third kappa shape index (κ3) is 4.59. The van der Waals surface area contributed by atoms with Crippen LogP contribution in [0.15, 0.2) is 77.5 Å². The van der Waals surface area contributed by atoms with Crippen molar-refractivity contribution in [1.82, 2.24) is 0 Å². The topological polar surface area (TPSA) is 87.7 Å². The van der Waals surface area contributed by atoms with Crippen molar-refractivity contribution in [3.63, 3.8) is 0 Å². The van der Waals surface area contributed by atoms with Crippen LogP contribution in [0.1, 0.15) is 10.4 Å². The maximum Gasteiger partial charge on any atom is 0.283 e. The molecule has 0 saturated carbocycles. The Morgan fingerprint density at radius 2 is 1.59 bits per heavy atom. The molecule has 0 saturated heterocycles. The van der Waals surface area contributed by atoms with E-state index in [1.165, 1.54) is 6.07 Å². The van der Waals surface area contributed by atoms with E-state index in [2.05, 4.69) is 10.6 Å². The van der Waals surface area contributed by atoms with Crippen LogP contribution in [0.3, 0.4) is 0 Å². The molecule has 3 aromatic rings. The molecule has 0 atom stereocenters. The molecule has 1 aliphatic heterocycles. The normalized spacial score (nSPS) is 13.4. The fourth-order valence-corrected chi connectivity index (χ4v) is 3.84. The Hall–Kier alpha value is -3.52. The average Bonchev–Trinajstić information content (AvgIpc) is 3.04. The smallest absolute Gasteiger partial charge is 0.283 e. The van der Waals surface area contributed by atoms with E-state index >= 15 is 0 Å². The highest BCUT2D eigenvalue weighted by Gasteiger charge is 2.40. The van der Waals surface area contributed by atoms with Gasteiger partial charge in [0.15, 0.2) is 0 Å². The molecule has 34 heavy (non-hydrogen) atoms. The molecule has 172 valence electrons. The number of carbonyl (C=O) groups excluding carboxylic acids is 3. The minimum atomic E-state index is -0.729. The van der Waals surface area contributed by atoms with Gasteiger partial charge in [-0.25, -0.2) is 4.90 Å². The van der Waals surface area contributed by atoms with E-state index in [9.17, 15) is 14.4 Å². The maximum atomic E-state index is 12.9. The van der Waals surface area contributed by atoms with Crippen LogP contribution in [-0.2, 0) is 9.59 Å². The molecule has 2 N–H and O–H groups in total. The number of imide groups is 1. The molecule has 3 aromatic carbocycles. The van der Waals surface area contributed by atoms with Gasteiger partial charge in [0.25, 0.3) is 17.7 Å². The highest BCUT2D eigenvalue weighted by molar-refractivity contribution is 6.54. The maximum absolute atomic E-state index is 12.9. The van der Waals surface area contributed by atoms with Gasteiger partial charge in [-0.3, -0.25) is 14.4 Å². The summed E-state index contributed by atoms with van der Waals surface area (Å²) in [5.41, 5.74) is 1.43. The van der Waals surface area contributed by atoms with Crippen LogP contribution < -0.4 is 20.3 Å². The molecule has 0 aromatic heterocycles. The monoisotopic (exact) mass is 515 g/mol. The van der Waals surface area contributed by atoms with Crippen LogP contribution in [0.5, 0.6) is 5.75 Å². The van der Waals surface area contributed by atoms with Crippen LogP contribution in [0.4, 0.5) is 17.1 Å². The SMILES string of the molecule is COc1cccc(NC(=O)c2ccc(NC3=C(Cl)C(=O)N(c4cccc(Cl)c4Cl)C3=O)cc2)c1. The van der Waals surface area contributed by atoms with Gasteiger partial charge in [0.05, 0.1) is 22.8 Å². The van der Waals surface area contributed by atoms with Crippen LogP contribution in [0, 0.1) is 0 Å². The van der Waals surface area contributed by atoms with E-state index in [0.717, 1.165) is 4.90 Å². The van der Waals surface area contributed by atoms with Crippen LogP contribution >= 0.6 is 34.8 Å². The van der Waals surface area contributed by atoms with E-state index in [1.807, 2.05) is 0 Å². The fourth-order valence-electron chi connectivity index (χ4n) is 3.25. The lowest BCUT2D eigenvalue weighted by molar-refractivity contribution is -0.120. The molecule has 0 fully saturated rings. The van der Waals surface area contributed by atoms with Crippen molar-refractivity contribution in [2.75, 3.05) is 22.6 Å². The number of anilines is 3. The van der Waals surface area contributed by atoms with E-state index in [4.69, 9.17) is 39.5 Å². The first-order valence-electron chi connectivity index (χ1n) is 9.85. The van der Waals surface area contributed by atoms with E-state index in [0.29, 0.717) is 22.7 Å². The van der Waals surface area contributed by atoms with Crippen molar-refractivity contribution in [3.8, 4) is 5.75 Å². The zero-order valence-electron chi connectivity index (χ0n) is 17.6. The molecule has 4 rings (SSSR count). The highest BCUT2D eigenvalue weighted by Crippen LogP contribution is 2.37. The summed E-state index contributed by atoms with van der Waals surface area (Å²) in [6, 6.07) is 17.9. The average molecular weight is 517 g/mol. The van der Waals surface area contributed by atoms with Gasteiger partial charge >= 0.3 is 0 Å². The zero-order chi connectivity index (χ0) is 24.4. The minimum absolute atomic E-state index is 0.0583. The Kier molecular flexibility index (Phi) is 6.79. The van der Waals surface area contributed by atoms with Gasteiger partial charge in [-0.2, -0.15) is 0 Å². The number of rotatable bonds is 6. The third-order valence-corrected chi connectivity index (χ3v) is 6.10. The summed E-state index contributed by atoms with van der Waals surface area (Å²) in [6.07, 6.45) is 0. The summed E-state index contributed by atoms with van der Waals surface area (Å²) < 4.78 is 5.15. The lowest BCUT2D eigenvalue weighted by Gasteiger charge is -2.17. The first kappa shape index (κ1) is 23.6. The molecule has 0 radical (unpaired) electrons. The highest BCUT2D eigenvalue weighted by atomic mass is 35.5. The summed E-state index contributed by atoms with van der Waals surface area (Å²) in [4.78, 5) is 39.0. The summed E-state index contributed by atoms with van der Waals surface area (Å²) >= 11 is 18.4. The standard InChI is InChI=1S/C24H16Cl3N3O4/c1-34-16-5-2-4-15(12-16)29-22(31)13-8-10-14(11-9-13)28-21-20(27)23(32)30(24(21)33)18-7-3-6-17(25)19(18)26/h2-12,28H,1H3,(H,29,31). The lowest BCUT2D eigenvalue weighted by Crippen LogP contribution is -2.32. The summed E-state index contributed by atoms with van der Waals surface area (Å²) in [5.74, 6) is -1.12. The van der Waals surface area contributed by atoms with E-state index in [1.54, 1.807) is 67.8 Å². The Balaban J connectivity index is 1.49. The van der Waals surface area contributed by atoms with Gasteiger partial charge in [0.2, 0.25) is 0 Å². The van der Waals surface area contributed by atoms with Crippen molar-refractivity contribution in [2.24, 2.45) is 0 Å². The van der Waals surface area contributed by atoms with Gasteiger partial charge in [-0.15, -0.1) is 0 Å². The molecule has 0 bridgehead atoms. The summed E-state index contributed by atoms with van der Waals surface area (Å²) in [7, 11) is 1.54. The number of hydrogen-bond acceptors (Lipinski definition) is 5. The number of nitrogens with one attached hydrogen (secondary N) is 2. The van der Waals surface area contributed by atoms with Crippen molar-refractivity contribution in [3.05, 3.63) is 93.1 Å². The van der Waals surface area contributed by atoms with E-state index < -0.39 is 11.8 Å². The molecular weight excluding hydrogens is 501 g/mol. The Labute approximate surface area is 209 Å². The Bertz CT molecular complexity index is 1340. The molecule has 0 spiro atoms. The molecule has 0 aliphatic carbocycles. The van der Waals surface area contributed by atoms with Crippen molar-refractivity contribution in [2.45, 2.75) is 0 Å². The number of halogens is 3. The van der Waals surface area contributed by atoms with Crippen molar-refractivity contribution in [1.29, 1.82) is 0 Å². The quantitative estimate of drug-likeness (QED) is 0.411. The lowest BCUT2D eigenvalue weighted by atomic mass is 10.2. The Morgan fingerprint density at radius 3 is 2.29 bits per heavy atom. The van der Waals surface area contributed by atoms with Crippen LogP contribution in [0.25, 0.3) is 0 Å². The molecule has 1 heterocycles. The Morgan fingerprint density at radius 1 is 0.882 bits per heavy atom. The van der Waals surface area contributed by atoms with Crippen molar-refractivity contribution < 1.29 is 19.1 Å². The largest absolute Gasteiger partial charge is 0.497 e. The summed E-state index contributed by atoms with van der Waals surface area (Å²) in [5, 5.41) is 5.59. The molecular formula is C24H16Cl3N3O4. The van der Waals surface area contributed by atoms with Crippen molar-refractivity contribution >= 4 is 69.6 Å². The van der Waals surface area contributed by atoms with Gasteiger partial charge in [0, 0.05) is 23.0 Å². The van der Waals surface area contributed by atoms with Gasteiger partial charge < -0.3 is 15.4 Å². The van der Waals surface area contributed by atoms with Crippen LogP contribution in [0.2, 0.25) is 10.0 Å². The van der Waals surface area contributed by atoms with Gasteiger partial charge in [0.1, 0.15) is 16.5 Å². The molecule has 0 unspecified atom stereocenters. The number of methoxy groups -OCH3 is 1. The number of amides is 3. The predicted octanol–water partition coefficient (Wildman–Crippen LogP) is 5.69. The number of benzene rings is 3. The second-order valence-corrected chi connectivity index (χ2v) is 8.26. The zero-order valence-corrected chi connectivity index (χ0v) is 19.8. The fraction of sp³-hybridized carbons (Fsp3) is 0.0417. The number of hydrogen-bond donors (Lipinski definition) is 2. The second kappa shape index (κ2) is 9.77. The summed E-state index contributed by atoms with van der Waals surface area (Å²) in [6.45, 7) is 0. The molecule has 3 amide bonds. The van der Waals surface area contributed by atoms with E-state index in [-0.39, 0.29) is 32.4 Å². The third-order valence-electron chi connectivity index (χ3n) is 4.94. The number of ether oxygens (including phenoxy) is 1. The molecule has 10 heteroatoms. The second-order valence-electron chi connectivity index (χ2n) is 7.10. The minimum Gasteiger partial charge on any atom is -0.497 e. The first-order valence-corrected chi connectivity index (χ1v) is 11.0. The first-order chi connectivity index (χ1) is 16.3. The van der Waals surface area contributed by atoms with Gasteiger partial charge in [-0.1, -0.05) is 46.9 Å². The van der Waals surface area contributed by atoms with Gasteiger partial charge in [-0.05, 0) is 48.5 Å². The number of nitrogens with zero attached hydrogens (tertiary/aromatic N) is 1. The number of carbonyl (C=O) groups is 3.